The van der Waals surface area contributed by atoms with E-state index in [0.29, 0.717) is 11.6 Å². The third-order valence-electron chi connectivity index (χ3n) is 2.26. The molecule has 0 unspecified atom stereocenters. The lowest BCUT2D eigenvalue weighted by atomic mass is 10.2. The molecule has 0 spiro atoms. The molecule has 0 amide bonds. The molecule has 0 atom stereocenters. The lowest BCUT2D eigenvalue weighted by molar-refractivity contribution is 0.599. The summed E-state index contributed by atoms with van der Waals surface area (Å²) in [5.74, 6) is 0.939. The van der Waals surface area contributed by atoms with Gasteiger partial charge < -0.3 is 5.32 Å². The second-order valence-electron chi connectivity index (χ2n) is 3.73. The summed E-state index contributed by atoms with van der Waals surface area (Å²) in [6.45, 7) is 3.91. The van der Waals surface area contributed by atoms with E-state index in [1.807, 2.05) is 13.8 Å². The standard InChI is InChI=1S/C10H17N3O2S/c1-5-8-7(2)10(11-3)13-9(12-8)6-16(4,14)15/h5-6H2,1-4H3,(H,11,12,13). The SMILES string of the molecule is CCc1nc(CS(C)(=O)=O)nc(NC)c1C. The molecule has 0 radical (unpaired) electrons. The largest absolute Gasteiger partial charge is 0.373 e. The highest BCUT2D eigenvalue weighted by atomic mass is 32.2. The Bertz CT molecular complexity index is 458. The van der Waals surface area contributed by atoms with Crippen molar-refractivity contribution >= 4 is 15.7 Å². The quantitative estimate of drug-likeness (QED) is 0.852. The monoisotopic (exact) mass is 243 g/mol. The third-order valence-corrected chi connectivity index (χ3v) is 3.04. The highest BCUT2D eigenvalue weighted by Gasteiger charge is 2.12. The van der Waals surface area contributed by atoms with E-state index in [1.165, 1.54) is 6.26 Å². The van der Waals surface area contributed by atoms with Gasteiger partial charge in [-0.15, -0.1) is 0 Å². The molecule has 0 aliphatic carbocycles. The Morgan fingerprint density at radius 1 is 1.31 bits per heavy atom. The van der Waals surface area contributed by atoms with Crippen molar-refractivity contribution in [3.05, 3.63) is 17.1 Å². The number of sulfone groups is 1. The molecule has 1 aromatic rings. The average Bonchev–Trinajstić information content (AvgIpc) is 2.18. The van der Waals surface area contributed by atoms with Crippen LogP contribution < -0.4 is 5.32 Å². The number of anilines is 1. The van der Waals surface area contributed by atoms with Crippen LogP contribution in [0.1, 0.15) is 24.0 Å². The first-order valence-corrected chi connectivity index (χ1v) is 7.15. The van der Waals surface area contributed by atoms with Crippen molar-refractivity contribution in [2.75, 3.05) is 18.6 Å². The summed E-state index contributed by atoms with van der Waals surface area (Å²) in [6.07, 6.45) is 1.95. The van der Waals surface area contributed by atoms with Gasteiger partial charge >= 0.3 is 0 Å². The Morgan fingerprint density at radius 3 is 2.38 bits per heavy atom. The molecular formula is C10H17N3O2S. The molecule has 0 aliphatic heterocycles. The maximum Gasteiger partial charge on any atom is 0.154 e. The Kier molecular flexibility index (Phi) is 3.85. The van der Waals surface area contributed by atoms with Gasteiger partial charge in [0.25, 0.3) is 0 Å². The van der Waals surface area contributed by atoms with Crippen molar-refractivity contribution in [3.63, 3.8) is 0 Å². The topological polar surface area (TPSA) is 72.0 Å². The highest BCUT2D eigenvalue weighted by Crippen LogP contribution is 2.16. The summed E-state index contributed by atoms with van der Waals surface area (Å²) in [6, 6.07) is 0. The van der Waals surface area contributed by atoms with Gasteiger partial charge in [0.05, 0.1) is 0 Å². The van der Waals surface area contributed by atoms with E-state index < -0.39 is 9.84 Å². The van der Waals surface area contributed by atoms with E-state index in [1.54, 1.807) is 7.05 Å². The van der Waals surface area contributed by atoms with Gasteiger partial charge in [-0.3, -0.25) is 0 Å². The van der Waals surface area contributed by atoms with E-state index in [9.17, 15) is 8.42 Å². The predicted octanol–water partition coefficient (Wildman–Crippen LogP) is 0.934. The first-order chi connectivity index (χ1) is 7.37. The van der Waals surface area contributed by atoms with Crippen molar-refractivity contribution in [1.82, 2.24) is 9.97 Å². The minimum absolute atomic E-state index is 0.116. The lowest BCUT2D eigenvalue weighted by Gasteiger charge is -2.10. The average molecular weight is 243 g/mol. The first kappa shape index (κ1) is 12.9. The smallest absolute Gasteiger partial charge is 0.154 e. The fourth-order valence-electron chi connectivity index (χ4n) is 1.50. The van der Waals surface area contributed by atoms with Gasteiger partial charge in [-0.05, 0) is 13.3 Å². The van der Waals surface area contributed by atoms with Crippen LogP contribution in [0.15, 0.2) is 0 Å². The molecule has 1 aromatic heterocycles. The fraction of sp³-hybridized carbons (Fsp3) is 0.600. The number of hydrogen-bond donors (Lipinski definition) is 1. The number of nitrogens with zero attached hydrogens (tertiary/aromatic N) is 2. The van der Waals surface area contributed by atoms with Gasteiger partial charge in [0.1, 0.15) is 17.4 Å². The van der Waals surface area contributed by atoms with Crippen LogP contribution in [0.5, 0.6) is 0 Å². The molecular weight excluding hydrogens is 226 g/mol. The molecule has 1 rings (SSSR count). The Morgan fingerprint density at radius 2 is 1.94 bits per heavy atom. The normalized spacial score (nSPS) is 11.5. The summed E-state index contributed by atoms with van der Waals surface area (Å²) in [5.41, 5.74) is 1.86. The van der Waals surface area contributed by atoms with Gasteiger partial charge in [0, 0.05) is 24.6 Å². The van der Waals surface area contributed by atoms with E-state index in [-0.39, 0.29) is 5.75 Å². The first-order valence-electron chi connectivity index (χ1n) is 5.09. The Labute approximate surface area is 96.2 Å². The van der Waals surface area contributed by atoms with Crippen molar-refractivity contribution in [2.45, 2.75) is 26.0 Å². The molecule has 6 heteroatoms. The number of aryl methyl sites for hydroxylation is 1. The second-order valence-corrected chi connectivity index (χ2v) is 5.87. The van der Waals surface area contributed by atoms with E-state index in [2.05, 4.69) is 15.3 Å². The van der Waals surface area contributed by atoms with Crippen LogP contribution >= 0.6 is 0 Å². The van der Waals surface area contributed by atoms with Crippen LogP contribution in [0.25, 0.3) is 0 Å². The van der Waals surface area contributed by atoms with Gasteiger partial charge in [-0.25, -0.2) is 18.4 Å². The molecule has 0 bridgehead atoms. The number of aromatic nitrogens is 2. The van der Waals surface area contributed by atoms with Crippen molar-refractivity contribution in [3.8, 4) is 0 Å². The van der Waals surface area contributed by atoms with Crippen LogP contribution in [0.3, 0.4) is 0 Å². The fourth-order valence-corrected chi connectivity index (χ4v) is 2.10. The maximum absolute atomic E-state index is 11.2. The zero-order valence-corrected chi connectivity index (χ0v) is 10.8. The molecule has 1 heterocycles. The summed E-state index contributed by atoms with van der Waals surface area (Å²) in [5, 5.41) is 2.95. The zero-order valence-electron chi connectivity index (χ0n) is 10.0. The van der Waals surface area contributed by atoms with Gasteiger partial charge in [-0.2, -0.15) is 0 Å². The van der Waals surface area contributed by atoms with E-state index in [4.69, 9.17) is 0 Å². The van der Waals surface area contributed by atoms with Crippen LogP contribution in [-0.2, 0) is 22.0 Å². The number of nitrogens with one attached hydrogen (secondary N) is 1. The van der Waals surface area contributed by atoms with Crippen LogP contribution in [0.4, 0.5) is 5.82 Å². The minimum atomic E-state index is -3.09. The second kappa shape index (κ2) is 4.78. The Hall–Kier alpha value is -1.17. The van der Waals surface area contributed by atoms with Gasteiger partial charge in [-0.1, -0.05) is 6.92 Å². The summed E-state index contributed by atoms with van der Waals surface area (Å²) >= 11 is 0. The highest BCUT2D eigenvalue weighted by molar-refractivity contribution is 7.89. The molecule has 0 saturated carbocycles. The molecule has 0 aromatic carbocycles. The van der Waals surface area contributed by atoms with Crippen LogP contribution in [-0.4, -0.2) is 31.7 Å². The third kappa shape index (κ3) is 3.16. The predicted molar refractivity (Wildman–Crippen MR) is 64.2 cm³/mol. The molecule has 16 heavy (non-hydrogen) atoms. The molecule has 0 aliphatic rings. The summed E-state index contributed by atoms with van der Waals surface area (Å²) < 4.78 is 22.4. The summed E-state index contributed by atoms with van der Waals surface area (Å²) in [4.78, 5) is 8.44. The number of rotatable bonds is 4. The minimum Gasteiger partial charge on any atom is -0.373 e. The van der Waals surface area contributed by atoms with Crippen molar-refractivity contribution < 1.29 is 8.42 Å². The van der Waals surface area contributed by atoms with Gasteiger partial charge in [0.2, 0.25) is 0 Å². The van der Waals surface area contributed by atoms with Crippen molar-refractivity contribution in [1.29, 1.82) is 0 Å². The molecule has 5 nitrogen and oxygen atoms in total. The summed E-state index contributed by atoms with van der Waals surface area (Å²) in [7, 11) is -1.33. The van der Waals surface area contributed by atoms with Crippen LogP contribution in [0.2, 0.25) is 0 Å². The molecule has 0 fully saturated rings. The van der Waals surface area contributed by atoms with Gasteiger partial charge in [0.15, 0.2) is 9.84 Å². The Balaban J connectivity index is 3.22. The number of hydrogen-bond acceptors (Lipinski definition) is 5. The van der Waals surface area contributed by atoms with Crippen LogP contribution in [0, 0.1) is 6.92 Å². The molecule has 1 N–H and O–H groups in total. The maximum atomic E-state index is 11.2. The molecule has 0 saturated heterocycles. The molecule has 90 valence electrons. The van der Waals surface area contributed by atoms with E-state index >= 15 is 0 Å². The zero-order chi connectivity index (χ0) is 12.3. The van der Waals surface area contributed by atoms with E-state index in [0.717, 1.165) is 17.7 Å². The lowest BCUT2D eigenvalue weighted by Crippen LogP contribution is -2.10. The van der Waals surface area contributed by atoms with Crippen molar-refractivity contribution in [2.24, 2.45) is 0 Å².